The van der Waals surface area contributed by atoms with E-state index in [1.165, 1.54) is 63.5 Å². The summed E-state index contributed by atoms with van der Waals surface area (Å²) in [6.07, 6.45) is 8.09. The van der Waals surface area contributed by atoms with Crippen LogP contribution >= 0.6 is 0 Å². The van der Waals surface area contributed by atoms with E-state index in [9.17, 15) is 26.3 Å². The molecule has 2 aromatic carbocycles. The van der Waals surface area contributed by atoms with E-state index in [1.807, 2.05) is 0 Å². The van der Waals surface area contributed by atoms with E-state index in [4.69, 9.17) is 0 Å². The molecule has 1 saturated carbocycles. The normalized spacial score (nSPS) is 18.6. The monoisotopic (exact) mass is 502 g/mol. The number of rotatable bonds is 12. The van der Waals surface area contributed by atoms with Gasteiger partial charge in [-0.25, -0.2) is 8.78 Å². The molecule has 2 aromatic rings. The molecule has 0 spiro atoms. The second kappa shape index (κ2) is 12.5. The van der Waals surface area contributed by atoms with Crippen LogP contribution in [0.2, 0.25) is 0 Å². The lowest BCUT2D eigenvalue weighted by atomic mass is 9.78. The number of unbranched alkanes of at least 4 members (excludes halogenated alkanes) is 2. The van der Waals surface area contributed by atoms with E-state index in [0.717, 1.165) is 24.3 Å². The average molecular weight is 503 g/mol. The molecule has 1 aliphatic carbocycles. The van der Waals surface area contributed by atoms with Gasteiger partial charge < -0.3 is 9.47 Å². The summed E-state index contributed by atoms with van der Waals surface area (Å²) < 4.78 is 89.4. The van der Waals surface area contributed by atoms with Crippen molar-refractivity contribution in [1.82, 2.24) is 0 Å². The molecule has 0 aliphatic heterocycles. The summed E-state index contributed by atoms with van der Waals surface area (Å²) in [5.41, 5.74) is 0.447. The zero-order valence-electron chi connectivity index (χ0n) is 19.9. The van der Waals surface area contributed by atoms with E-state index in [-0.39, 0.29) is 0 Å². The van der Waals surface area contributed by atoms with Gasteiger partial charge in [-0.1, -0.05) is 70.4 Å². The Morgan fingerprint density at radius 1 is 0.886 bits per heavy atom. The Bertz CT molecular complexity index is 901. The molecule has 1 aliphatic rings. The van der Waals surface area contributed by atoms with Gasteiger partial charge in [0.15, 0.2) is 17.4 Å². The highest BCUT2D eigenvalue weighted by molar-refractivity contribution is 5.36. The third kappa shape index (κ3) is 8.07. The minimum Gasteiger partial charge on any atom is -0.429 e. The van der Waals surface area contributed by atoms with Crippen LogP contribution in [0.1, 0.15) is 75.8 Å². The molecule has 194 valence electrons. The van der Waals surface area contributed by atoms with Crippen LogP contribution in [0, 0.1) is 23.5 Å². The molecule has 0 amide bonds. The molecule has 35 heavy (non-hydrogen) atoms. The van der Waals surface area contributed by atoms with E-state index in [2.05, 4.69) is 16.4 Å². The molecule has 0 atom stereocenters. The van der Waals surface area contributed by atoms with Crippen molar-refractivity contribution in [2.45, 2.75) is 83.9 Å². The zero-order chi connectivity index (χ0) is 25.4. The van der Waals surface area contributed by atoms with Gasteiger partial charge in [0, 0.05) is 12.1 Å². The van der Waals surface area contributed by atoms with Crippen molar-refractivity contribution in [3.05, 3.63) is 59.2 Å². The van der Waals surface area contributed by atoms with Crippen LogP contribution < -0.4 is 9.47 Å². The quantitative estimate of drug-likeness (QED) is 0.213. The summed E-state index contributed by atoms with van der Waals surface area (Å²) in [7, 11) is 0. The smallest absolute Gasteiger partial charge is 0.426 e. The Balaban J connectivity index is 1.52. The lowest BCUT2D eigenvalue weighted by molar-refractivity contribution is -0.185. The summed E-state index contributed by atoms with van der Waals surface area (Å²) >= 11 is 0. The van der Waals surface area contributed by atoms with Crippen molar-refractivity contribution in [2.75, 3.05) is 0 Å². The average Bonchev–Trinajstić information content (AvgIpc) is 2.81. The third-order valence-electron chi connectivity index (χ3n) is 6.74. The Labute approximate surface area is 202 Å². The van der Waals surface area contributed by atoms with Crippen LogP contribution in [0.15, 0.2) is 36.4 Å². The Kier molecular flexibility index (Phi) is 9.75. The predicted molar refractivity (Wildman–Crippen MR) is 122 cm³/mol. The van der Waals surface area contributed by atoms with Crippen LogP contribution in [0.5, 0.6) is 11.5 Å². The number of benzene rings is 2. The number of hydrogen-bond acceptors (Lipinski definition) is 2. The molecule has 0 saturated heterocycles. The summed E-state index contributed by atoms with van der Waals surface area (Å²) in [4.78, 5) is 0. The van der Waals surface area contributed by atoms with Crippen LogP contribution in [0.25, 0.3) is 0 Å². The number of alkyl halides is 4. The first kappa shape index (κ1) is 27.2. The van der Waals surface area contributed by atoms with Crippen LogP contribution in [0.4, 0.5) is 26.3 Å². The van der Waals surface area contributed by atoms with E-state index >= 15 is 0 Å². The van der Waals surface area contributed by atoms with Gasteiger partial charge in [0.2, 0.25) is 0 Å². The van der Waals surface area contributed by atoms with Gasteiger partial charge in [0.25, 0.3) is 0 Å². The lowest BCUT2D eigenvalue weighted by Crippen LogP contribution is -2.22. The van der Waals surface area contributed by atoms with E-state index in [1.54, 1.807) is 12.1 Å². The highest BCUT2D eigenvalue weighted by Crippen LogP contribution is 2.36. The summed E-state index contributed by atoms with van der Waals surface area (Å²) in [6.45, 7) is -1.24. The van der Waals surface area contributed by atoms with Crippen molar-refractivity contribution in [2.24, 2.45) is 11.8 Å². The molecule has 1 fully saturated rings. The Morgan fingerprint density at radius 2 is 1.46 bits per heavy atom. The number of ether oxygens (including phenoxy) is 2. The van der Waals surface area contributed by atoms with E-state index < -0.39 is 41.4 Å². The highest BCUT2D eigenvalue weighted by Gasteiger charge is 2.35. The molecule has 0 radical (unpaired) electrons. The predicted octanol–water partition coefficient (Wildman–Crippen LogP) is 9.01. The fourth-order valence-corrected chi connectivity index (χ4v) is 4.73. The van der Waals surface area contributed by atoms with Gasteiger partial charge >= 0.3 is 12.7 Å². The second-order valence-electron chi connectivity index (χ2n) is 9.33. The van der Waals surface area contributed by atoms with Gasteiger partial charge in [-0.05, 0) is 42.4 Å². The summed E-state index contributed by atoms with van der Waals surface area (Å²) in [5.74, 6) is -3.84. The van der Waals surface area contributed by atoms with Gasteiger partial charge in [0.05, 0.1) is 5.56 Å². The standard InChI is InChI=1S/C27H32F6O2/c1-2-3-4-5-18-6-8-19(9-7-18)10-11-20-12-14-21(15-13-20)27(32,33)35-22-16-23(28)25(24(29)17-22)34-26(30)31/h12-19,26H,2-11H2,1H3. The molecule has 8 heteroatoms. The first-order valence-corrected chi connectivity index (χ1v) is 12.3. The maximum Gasteiger partial charge on any atom is 0.426 e. The lowest BCUT2D eigenvalue weighted by Gasteiger charge is -2.28. The van der Waals surface area contributed by atoms with Gasteiger partial charge in [-0.3, -0.25) is 0 Å². The van der Waals surface area contributed by atoms with Crippen molar-refractivity contribution < 1.29 is 35.8 Å². The fourth-order valence-electron chi connectivity index (χ4n) is 4.73. The summed E-state index contributed by atoms with van der Waals surface area (Å²) in [6, 6.07) is 6.40. The summed E-state index contributed by atoms with van der Waals surface area (Å²) in [5, 5.41) is 0. The van der Waals surface area contributed by atoms with Gasteiger partial charge in [-0.15, -0.1) is 0 Å². The van der Waals surface area contributed by atoms with Crippen molar-refractivity contribution in [1.29, 1.82) is 0 Å². The third-order valence-corrected chi connectivity index (χ3v) is 6.74. The van der Waals surface area contributed by atoms with Crippen molar-refractivity contribution >= 4 is 0 Å². The molecule has 0 heterocycles. The second-order valence-corrected chi connectivity index (χ2v) is 9.33. The van der Waals surface area contributed by atoms with Gasteiger partial charge in [-0.2, -0.15) is 17.6 Å². The maximum absolute atomic E-state index is 14.6. The fraction of sp³-hybridized carbons (Fsp3) is 0.556. The number of halogens is 6. The van der Waals surface area contributed by atoms with Crippen molar-refractivity contribution in [3.63, 3.8) is 0 Å². The minimum atomic E-state index is -3.88. The van der Waals surface area contributed by atoms with Crippen molar-refractivity contribution in [3.8, 4) is 11.5 Å². The molecular formula is C27H32F6O2. The number of hydrogen-bond donors (Lipinski definition) is 0. The molecule has 3 rings (SSSR count). The first-order chi connectivity index (χ1) is 16.7. The molecule has 0 N–H and O–H groups in total. The van der Waals surface area contributed by atoms with Crippen LogP contribution in [0.3, 0.4) is 0 Å². The van der Waals surface area contributed by atoms with Crippen LogP contribution in [-0.2, 0) is 12.5 Å². The minimum absolute atomic E-state index is 0.377. The maximum atomic E-state index is 14.6. The molecule has 2 nitrogen and oxygen atoms in total. The zero-order valence-corrected chi connectivity index (χ0v) is 19.9. The molecule has 0 bridgehead atoms. The topological polar surface area (TPSA) is 18.5 Å². The number of aryl methyl sites for hydroxylation is 1. The highest BCUT2D eigenvalue weighted by atomic mass is 19.3. The molecule has 0 aromatic heterocycles. The SMILES string of the molecule is CCCCCC1CCC(CCc2ccc(C(F)(F)Oc3cc(F)c(OC(F)F)c(F)c3)cc2)CC1. The largest absolute Gasteiger partial charge is 0.429 e. The Morgan fingerprint density at radius 3 is 2.00 bits per heavy atom. The molecule has 0 unspecified atom stereocenters. The first-order valence-electron chi connectivity index (χ1n) is 12.3. The Hall–Kier alpha value is -2.38. The van der Waals surface area contributed by atoms with Gasteiger partial charge in [0.1, 0.15) is 5.75 Å². The molecular weight excluding hydrogens is 470 g/mol. The van der Waals surface area contributed by atoms with Crippen LogP contribution in [-0.4, -0.2) is 6.61 Å². The van der Waals surface area contributed by atoms with E-state index in [0.29, 0.717) is 18.1 Å².